The summed E-state index contributed by atoms with van der Waals surface area (Å²) in [4.78, 5) is 13.3. The Hall–Kier alpha value is -1.49. The van der Waals surface area contributed by atoms with Gasteiger partial charge in [0.05, 0.1) is 35.9 Å². The van der Waals surface area contributed by atoms with Gasteiger partial charge in [-0.05, 0) is 55.4 Å². The number of ether oxygens (including phenoxy) is 3. The van der Waals surface area contributed by atoms with E-state index in [4.69, 9.17) is 25.8 Å². The fourth-order valence-electron chi connectivity index (χ4n) is 5.41. The fraction of sp³-hybridized carbons (Fsp3) is 0.640. The molecule has 1 saturated heterocycles. The van der Waals surface area contributed by atoms with E-state index in [-0.39, 0.29) is 43.7 Å². The van der Waals surface area contributed by atoms with Crippen LogP contribution < -0.4 is 0 Å². The highest BCUT2D eigenvalue weighted by Gasteiger charge is 2.53. The van der Waals surface area contributed by atoms with E-state index < -0.39 is 44.3 Å². The predicted octanol–water partition coefficient (Wildman–Crippen LogP) is 2.64. The molecule has 3 aliphatic carbocycles. The van der Waals surface area contributed by atoms with E-state index in [2.05, 4.69) is 0 Å². The maximum atomic E-state index is 14.0. The highest BCUT2D eigenvalue weighted by atomic mass is 35.5. The number of esters is 1. The highest BCUT2D eigenvalue weighted by molar-refractivity contribution is 7.92. The van der Waals surface area contributed by atoms with Crippen molar-refractivity contribution in [2.45, 2.75) is 73.9 Å². The average Bonchev–Trinajstić information content (AvgIpc) is 3.26. The van der Waals surface area contributed by atoms with Crippen molar-refractivity contribution in [1.29, 1.82) is 0 Å². The zero-order chi connectivity index (χ0) is 25.0. The lowest BCUT2D eigenvalue weighted by molar-refractivity contribution is -0.155. The molecule has 1 aromatic carbocycles. The van der Waals surface area contributed by atoms with Crippen LogP contribution in [0, 0.1) is 5.41 Å². The molecule has 1 aromatic rings. The summed E-state index contributed by atoms with van der Waals surface area (Å²) < 4.78 is 45.4. The first-order valence-electron chi connectivity index (χ1n) is 12.1. The van der Waals surface area contributed by atoms with Crippen LogP contribution in [0.15, 0.2) is 29.8 Å². The monoisotopic (exact) mass is 526 g/mol. The molecule has 2 N–H and O–H groups in total. The summed E-state index contributed by atoms with van der Waals surface area (Å²) in [5.41, 5.74) is 1.43. The van der Waals surface area contributed by atoms with Gasteiger partial charge in [0.1, 0.15) is 12.2 Å². The van der Waals surface area contributed by atoms with Gasteiger partial charge < -0.3 is 24.4 Å². The van der Waals surface area contributed by atoms with Crippen LogP contribution in [-0.4, -0.2) is 67.7 Å². The van der Waals surface area contributed by atoms with E-state index in [9.17, 15) is 23.4 Å². The third kappa shape index (κ3) is 4.55. The van der Waals surface area contributed by atoms with Crippen LogP contribution in [-0.2, 0) is 35.3 Å². The maximum absolute atomic E-state index is 14.0. The summed E-state index contributed by atoms with van der Waals surface area (Å²) in [5, 5.41) is 17.8. The second kappa shape index (κ2) is 9.11. The molecule has 8 nitrogen and oxygen atoms in total. The molecule has 1 aliphatic heterocycles. The van der Waals surface area contributed by atoms with Crippen molar-refractivity contribution in [3.63, 3.8) is 0 Å². The van der Waals surface area contributed by atoms with Crippen molar-refractivity contribution in [2.24, 2.45) is 5.41 Å². The Labute approximate surface area is 210 Å². The molecule has 1 saturated carbocycles. The smallest absolute Gasteiger partial charge is 0.335 e. The minimum atomic E-state index is -3.88. The summed E-state index contributed by atoms with van der Waals surface area (Å²) in [6.45, 7) is 1.47. The molecule has 0 amide bonds. The molecule has 1 spiro atoms. The third-order valence-electron chi connectivity index (χ3n) is 7.78. The van der Waals surface area contributed by atoms with Crippen LogP contribution >= 0.6 is 11.6 Å². The van der Waals surface area contributed by atoms with Gasteiger partial charge in [0.15, 0.2) is 15.6 Å². The van der Waals surface area contributed by atoms with Crippen LogP contribution in [0.4, 0.5) is 0 Å². The lowest BCUT2D eigenvalue weighted by Gasteiger charge is -2.35. The number of hydrogen-bond acceptors (Lipinski definition) is 8. The number of halogens is 1. The van der Waals surface area contributed by atoms with Gasteiger partial charge in [-0.1, -0.05) is 30.7 Å². The average molecular weight is 527 g/mol. The van der Waals surface area contributed by atoms with Gasteiger partial charge in [-0.15, -0.1) is 0 Å². The molecule has 2 fully saturated rings. The van der Waals surface area contributed by atoms with Crippen molar-refractivity contribution in [1.82, 2.24) is 0 Å². The van der Waals surface area contributed by atoms with E-state index >= 15 is 0 Å². The normalized spacial score (nSPS) is 30.7. The van der Waals surface area contributed by atoms with Crippen LogP contribution in [0.2, 0.25) is 5.02 Å². The van der Waals surface area contributed by atoms with E-state index in [0.29, 0.717) is 23.4 Å². The van der Waals surface area contributed by atoms with Gasteiger partial charge in [0.2, 0.25) is 0 Å². The minimum Gasteiger partial charge on any atom is -0.462 e. The number of fused-ring (bicyclic) bond motifs is 1. The second-order valence-corrected chi connectivity index (χ2v) is 13.2. The third-order valence-corrected chi connectivity index (χ3v) is 10.7. The molecule has 0 bridgehead atoms. The molecule has 0 radical (unpaired) electrons. The quantitative estimate of drug-likeness (QED) is 0.520. The fourth-order valence-corrected chi connectivity index (χ4v) is 8.21. The number of carbonyl (C=O) groups is 1. The number of aliphatic hydroxyl groups excluding tert-OH is 2. The summed E-state index contributed by atoms with van der Waals surface area (Å²) in [5.74, 6) is -2.11. The van der Waals surface area contributed by atoms with Gasteiger partial charge in [0, 0.05) is 16.9 Å². The van der Waals surface area contributed by atoms with E-state index in [1.807, 2.05) is 19.1 Å². The zero-order valence-corrected chi connectivity index (χ0v) is 21.2. The molecular formula is C25H31ClO8S. The van der Waals surface area contributed by atoms with Crippen molar-refractivity contribution < 1.29 is 37.6 Å². The second-order valence-electron chi connectivity index (χ2n) is 10.4. The molecule has 1 heterocycles. The molecule has 4 atom stereocenters. The Kier molecular flexibility index (Phi) is 6.56. The molecular weight excluding hydrogens is 496 g/mol. The number of benzene rings is 1. The number of hydrogen-bond donors (Lipinski definition) is 2. The molecule has 10 heteroatoms. The number of rotatable bonds is 7. The van der Waals surface area contributed by atoms with Gasteiger partial charge in [-0.2, -0.15) is 0 Å². The molecule has 4 aliphatic rings. The topological polar surface area (TPSA) is 119 Å². The molecule has 35 heavy (non-hydrogen) atoms. The summed E-state index contributed by atoms with van der Waals surface area (Å²) >= 11 is 6.42. The lowest BCUT2D eigenvalue weighted by Crippen LogP contribution is -2.42. The Morgan fingerprint density at radius 2 is 1.80 bits per heavy atom. The molecule has 5 rings (SSSR count). The van der Waals surface area contributed by atoms with Crippen LogP contribution in [0.3, 0.4) is 0 Å². The van der Waals surface area contributed by atoms with Gasteiger partial charge in [-0.3, -0.25) is 0 Å². The van der Waals surface area contributed by atoms with Crippen molar-refractivity contribution in [3.8, 4) is 0 Å². The first-order valence-corrected chi connectivity index (χ1v) is 14.1. The van der Waals surface area contributed by atoms with Crippen LogP contribution in [0.5, 0.6) is 0 Å². The van der Waals surface area contributed by atoms with Gasteiger partial charge in [0.25, 0.3) is 0 Å². The summed E-state index contributed by atoms with van der Waals surface area (Å²) in [6, 6.07) is 5.39. The first-order chi connectivity index (χ1) is 16.6. The van der Waals surface area contributed by atoms with Crippen LogP contribution in [0.25, 0.3) is 0 Å². The Morgan fingerprint density at radius 1 is 1.11 bits per heavy atom. The van der Waals surface area contributed by atoms with E-state index in [1.165, 1.54) is 6.08 Å². The highest BCUT2D eigenvalue weighted by Crippen LogP contribution is 2.48. The van der Waals surface area contributed by atoms with E-state index in [1.54, 1.807) is 6.07 Å². The maximum Gasteiger partial charge on any atom is 0.335 e. The molecule has 2 unspecified atom stereocenters. The molecule has 0 aromatic heterocycles. The summed E-state index contributed by atoms with van der Waals surface area (Å²) in [7, 11) is -3.88. The SMILES string of the molecule is CC1(COC(=O)C2=CC3(CCC2S(=O)(=O)C2CCc4cccc(Cl)c42)O[C@@H](CO)[C@H](CO)O3)CC1. The Morgan fingerprint density at radius 3 is 2.43 bits per heavy atom. The minimum absolute atomic E-state index is 0.0173. The largest absolute Gasteiger partial charge is 0.462 e. The van der Waals surface area contributed by atoms with Crippen molar-refractivity contribution in [2.75, 3.05) is 19.8 Å². The number of carbonyl (C=O) groups excluding carboxylic acids is 1. The Bertz CT molecular complexity index is 1130. The van der Waals surface area contributed by atoms with Gasteiger partial charge in [-0.25, -0.2) is 13.2 Å². The number of aryl methyl sites for hydroxylation is 1. The Balaban J connectivity index is 1.50. The molecule has 192 valence electrons. The predicted molar refractivity (Wildman–Crippen MR) is 127 cm³/mol. The summed E-state index contributed by atoms with van der Waals surface area (Å²) in [6.07, 6.45) is 2.96. The van der Waals surface area contributed by atoms with Crippen molar-refractivity contribution >= 4 is 27.4 Å². The lowest BCUT2D eigenvalue weighted by atomic mass is 9.94. The van der Waals surface area contributed by atoms with Crippen LogP contribution in [0.1, 0.15) is 55.4 Å². The number of aliphatic hydroxyl groups is 2. The number of sulfone groups is 1. The van der Waals surface area contributed by atoms with Crippen molar-refractivity contribution in [3.05, 3.63) is 46.0 Å². The zero-order valence-electron chi connectivity index (χ0n) is 19.6. The van der Waals surface area contributed by atoms with E-state index in [0.717, 1.165) is 18.4 Å². The standard InChI is InChI=1S/C25H31ClO8S/c1-24(9-10-24)14-32-23(29)16-11-25(33-18(12-27)19(13-28)34-25)8-7-20(16)35(30,31)21-6-5-15-3-2-4-17(26)22(15)21/h2-4,11,18-21,27-28H,5-10,12-14H2,1H3/t18-,19-,20?,21?/m0/s1. The first kappa shape index (κ1) is 25.2. The van der Waals surface area contributed by atoms with Gasteiger partial charge >= 0.3 is 5.97 Å².